The molecule has 144 valence electrons. The predicted molar refractivity (Wildman–Crippen MR) is 104 cm³/mol. The van der Waals surface area contributed by atoms with E-state index in [1.807, 2.05) is 39.4 Å². The van der Waals surface area contributed by atoms with E-state index in [0.717, 1.165) is 54.5 Å². The third-order valence-electron chi connectivity index (χ3n) is 3.93. The summed E-state index contributed by atoms with van der Waals surface area (Å²) in [5.74, 6) is 2.55. The van der Waals surface area contributed by atoms with Crippen LogP contribution in [0.25, 0.3) is 0 Å². The number of nitrogens with zero attached hydrogens (tertiary/aromatic N) is 6. The minimum atomic E-state index is 0.478. The first kappa shape index (κ1) is 20.3. The Bertz CT molecular complexity index is 710. The summed E-state index contributed by atoms with van der Waals surface area (Å²) in [7, 11) is 3.97. The predicted octanol–water partition coefficient (Wildman–Crippen LogP) is 1.89. The maximum Gasteiger partial charge on any atom is 0.194 e. The van der Waals surface area contributed by atoms with Crippen LogP contribution in [0.15, 0.2) is 10.4 Å². The molecule has 2 heterocycles. The Morgan fingerprint density at radius 1 is 1.38 bits per heavy atom. The molecule has 2 aromatic rings. The van der Waals surface area contributed by atoms with E-state index in [1.165, 1.54) is 0 Å². The molecular weight excluding hydrogens is 350 g/mol. The fourth-order valence-corrected chi connectivity index (χ4v) is 2.97. The van der Waals surface area contributed by atoms with Gasteiger partial charge in [0, 0.05) is 39.2 Å². The fraction of sp³-hybridized carbons (Fsp3) is 0.647. The molecule has 0 saturated heterocycles. The number of hydrogen-bond acceptors (Lipinski definition) is 6. The van der Waals surface area contributed by atoms with Crippen LogP contribution in [-0.2, 0) is 24.9 Å². The Labute approximate surface area is 159 Å². The lowest BCUT2D eigenvalue weighted by molar-refractivity contribution is 0.145. The number of thiazole rings is 1. The van der Waals surface area contributed by atoms with E-state index in [2.05, 4.69) is 30.8 Å². The molecular formula is C17H29N7OS. The van der Waals surface area contributed by atoms with Crippen molar-refractivity contribution in [1.29, 1.82) is 0 Å². The van der Waals surface area contributed by atoms with Gasteiger partial charge in [0.25, 0.3) is 0 Å². The molecule has 0 unspecified atom stereocenters. The Morgan fingerprint density at radius 2 is 2.19 bits per heavy atom. The summed E-state index contributed by atoms with van der Waals surface area (Å²) in [6, 6.07) is 0. The molecule has 9 heteroatoms. The van der Waals surface area contributed by atoms with Gasteiger partial charge in [0.15, 0.2) is 11.8 Å². The Hall–Kier alpha value is -2.00. The van der Waals surface area contributed by atoms with Crippen LogP contribution < -0.4 is 5.32 Å². The highest BCUT2D eigenvalue weighted by Crippen LogP contribution is 2.10. The average molecular weight is 380 g/mol. The molecule has 8 nitrogen and oxygen atoms in total. The smallest absolute Gasteiger partial charge is 0.194 e. The number of aliphatic imine (C=N–C) groups is 1. The van der Waals surface area contributed by atoms with Crippen LogP contribution in [0.2, 0.25) is 0 Å². The van der Waals surface area contributed by atoms with Gasteiger partial charge < -0.3 is 19.5 Å². The van der Waals surface area contributed by atoms with Crippen LogP contribution in [0.5, 0.6) is 0 Å². The summed E-state index contributed by atoms with van der Waals surface area (Å²) < 4.78 is 7.36. The van der Waals surface area contributed by atoms with E-state index in [4.69, 9.17) is 9.73 Å². The SMILES string of the molecule is CCOCCCNC(=NCc1nnc(C)n1C)N(C)Cc1csc(C)n1. The Morgan fingerprint density at radius 3 is 2.81 bits per heavy atom. The molecule has 0 radical (unpaired) electrons. The van der Waals surface area contributed by atoms with E-state index in [0.29, 0.717) is 13.1 Å². The van der Waals surface area contributed by atoms with Gasteiger partial charge in [0.1, 0.15) is 12.4 Å². The van der Waals surface area contributed by atoms with Gasteiger partial charge in [-0.15, -0.1) is 21.5 Å². The Kier molecular flexibility index (Phi) is 7.99. The minimum absolute atomic E-state index is 0.478. The quantitative estimate of drug-likeness (QED) is 0.407. The minimum Gasteiger partial charge on any atom is -0.382 e. The molecule has 2 rings (SSSR count). The lowest BCUT2D eigenvalue weighted by Crippen LogP contribution is -2.39. The second-order valence-corrected chi connectivity index (χ2v) is 7.12. The van der Waals surface area contributed by atoms with Gasteiger partial charge in [0.05, 0.1) is 17.2 Å². The summed E-state index contributed by atoms with van der Waals surface area (Å²) in [5.41, 5.74) is 1.05. The summed E-state index contributed by atoms with van der Waals surface area (Å²) in [6.07, 6.45) is 0.930. The van der Waals surface area contributed by atoms with Crippen LogP contribution in [0, 0.1) is 13.8 Å². The number of aromatic nitrogens is 4. The van der Waals surface area contributed by atoms with Gasteiger partial charge in [0.2, 0.25) is 0 Å². The van der Waals surface area contributed by atoms with Crippen molar-refractivity contribution in [3.05, 3.63) is 27.7 Å². The van der Waals surface area contributed by atoms with Crippen molar-refractivity contribution < 1.29 is 4.74 Å². The zero-order valence-corrected chi connectivity index (χ0v) is 17.1. The molecule has 1 N–H and O–H groups in total. The molecule has 0 aliphatic carbocycles. The number of rotatable bonds is 9. The van der Waals surface area contributed by atoms with Gasteiger partial charge in [-0.05, 0) is 27.2 Å². The van der Waals surface area contributed by atoms with E-state index in [-0.39, 0.29) is 0 Å². The highest BCUT2D eigenvalue weighted by Gasteiger charge is 2.11. The van der Waals surface area contributed by atoms with Crippen molar-refractivity contribution in [1.82, 2.24) is 30.0 Å². The zero-order valence-electron chi connectivity index (χ0n) is 16.3. The molecule has 0 aromatic carbocycles. The molecule has 26 heavy (non-hydrogen) atoms. The largest absolute Gasteiger partial charge is 0.382 e. The number of guanidine groups is 1. The van der Waals surface area contributed by atoms with Gasteiger partial charge in [-0.2, -0.15) is 0 Å². The van der Waals surface area contributed by atoms with Gasteiger partial charge in [-0.3, -0.25) is 0 Å². The van der Waals surface area contributed by atoms with Crippen LogP contribution in [0.4, 0.5) is 0 Å². The van der Waals surface area contributed by atoms with E-state index in [9.17, 15) is 0 Å². The second-order valence-electron chi connectivity index (χ2n) is 6.05. The van der Waals surface area contributed by atoms with Crippen LogP contribution in [0.3, 0.4) is 0 Å². The number of hydrogen-bond donors (Lipinski definition) is 1. The first-order valence-electron chi connectivity index (χ1n) is 8.84. The maximum absolute atomic E-state index is 5.40. The first-order chi connectivity index (χ1) is 12.5. The standard InChI is InChI=1S/C17H29N7OS/c1-6-25-9-7-8-18-17(19-10-16-22-21-13(2)24(16)5)23(4)11-15-12-26-14(3)20-15/h12H,6-11H2,1-5H3,(H,18,19). The van der Waals surface area contributed by atoms with Crippen molar-refractivity contribution in [3.63, 3.8) is 0 Å². The molecule has 2 aromatic heterocycles. The average Bonchev–Trinajstić information content (AvgIpc) is 3.16. The first-order valence-corrected chi connectivity index (χ1v) is 9.72. The number of ether oxygens (including phenoxy) is 1. The maximum atomic E-state index is 5.40. The summed E-state index contributed by atoms with van der Waals surface area (Å²) in [6.45, 7) is 9.44. The third-order valence-corrected chi connectivity index (χ3v) is 4.76. The third kappa shape index (κ3) is 6.06. The van der Waals surface area contributed by atoms with Gasteiger partial charge >= 0.3 is 0 Å². The van der Waals surface area contributed by atoms with E-state index < -0.39 is 0 Å². The van der Waals surface area contributed by atoms with E-state index in [1.54, 1.807) is 11.3 Å². The van der Waals surface area contributed by atoms with Crippen LogP contribution in [-0.4, -0.2) is 57.4 Å². The molecule has 0 spiro atoms. The van der Waals surface area contributed by atoms with Gasteiger partial charge in [-0.1, -0.05) is 0 Å². The molecule has 0 bridgehead atoms. The molecule has 0 saturated carbocycles. The fourth-order valence-electron chi connectivity index (χ4n) is 2.36. The molecule has 0 aliphatic rings. The zero-order chi connectivity index (χ0) is 18.9. The molecule has 0 fully saturated rings. The van der Waals surface area contributed by atoms with Crippen molar-refractivity contribution in [2.24, 2.45) is 12.0 Å². The Balaban J connectivity index is 2.01. The highest BCUT2D eigenvalue weighted by atomic mass is 32.1. The monoisotopic (exact) mass is 379 g/mol. The second kappa shape index (κ2) is 10.2. The lowest BCUT2D eigenvalue weighted by Gasteiger charge is -2.21. The number of aryl methyl sites for hydroxylation is 2. The summed E-state index contributed by atoms with van der Waals surface area (Å²) in [5, 5.41) is 14.9. The molecule has 0 amide bonds. The van der Waals surface area contributed by atoms with Crippen LogP contribution >= 0.6 is 11.3 Å². The normalized spacial score (nSPS) is 11.8. The van der Waals surface area contributed by atoms with Crippen molar-refractivity contribution >= 4 is 17.3 Å². The topological polar surface area (TPSA) is 80.5 Å². The van der Waals surface area contributed by atoms with Crippen molar-refractivity contribution in [2.45, 2.75) is 40.3 Å². The number of nitrogens with one attached hydrogen (secondary N) is 1. The summed E-state index contributed by atoms with van der Waals surface area (Å²) in [4.78, 5) is 11.4. The van der Waals surface area contributed by atoms with Gasteiger partial charge in [-0.25, -0.2) is 9.98 Å². The highest BCUT2D eigenvalue weighted by molar-refractivity contribution is 7.09. The molecule has 0 atom stereocenters. The summed E-state index contributed by atoms with van der Waals surface area (Å²) >= 11 is 1.66. The lowest BCUT2D eigenvalue weighted by atomic mass is 10.4. The van der Waals surface area contributed by atoms with Crippen molar-refractivity contribution in [3.8, 4) is 0 Å². The molecule has 0 aliphatic heterocycles. The van der Waals surface area contributed by atoms with Crippen molar-refractivity contribution in [2.75, 3.05) is 26.8 Å². The van der Waals surface area contributed by atoms with Crippen LogP contribution in [0.1, 0.15) is 35.7 Å². The van der Waals surface area contributed by atoms with E-state index >= 15 is 0 Å².